The Morgan fingerprint density at radius 3 is 1.74 bits per heavy atom. The zero-order chi connectivity index (χ0) is 30.0. The molecule has 2 aliphatic carbocycles. The molecule has 1 aliphatic heterocycles. The van der Waals surface area contributed by atoms with Gasteiger partial charge in [-0.3, -0.25) is 0 Å². The van der Waals surface area contributed by atoms with E-state index in [1.807, 2.05) is 36.4 Å². The molecule has 0 atom stereocenters. The third-order valence-electron chi connectivity index (χ3n) is 10.2. The van der Waals surface area contributed by atoms with E-state index in [1.165, 1.54) is 38.9 Å². The quantitative estimate of drug-likeness (QED) is 0.191. The van der Waals surface area contributed by atoms with E-state index in [0.29, 0.717) is 0 Å². The summed E-state index contributed by atoms with van der Waals surface area (Å²) in [6, 6.07) is 51.7. The van der Waals surface area contributed by atoms with Gasteiger partial charge in [-0.05, 0) is 86.5 Å². The molecule has 0 N–H and O–H groups in total. The normalized spacial score (nSPS) is 14.2. The molecule has 0 bridgehead atoms. The number of rotatable bonds is 1. The van der Waals surface area contributed by atoms with Crippen molar-refractivity contribution >= 4 is 21.9 Å². The van der Waals surface area contributed by atoms with E-state index in [2.05, 4.69) is 109 Å². The summed E-state index contributed by atoms with van der Waals surface area (Å²) in [7, 11) is 0. The van der Waals surface area contributed by atoms with Gasteiger partial charge >= 0.3 is 0 Å². The lowest BCUT2D eigenvalue weighted by molar-refractivity contribution is 0.359. The Morgan fingerprint density at radius 1 is 0.370 bits per heavy atom. The highest BCUT2D eigenvalue weighted by molar-refractivity contribution is 6.10. The minimum Gasteiger partial charge on any atom is -0.455 e. The number of furan rings is 1. The molecule has 3 nitrogen and oxygen atoms in total. The number of hydrogen-bond donors (Lipinski definition) is 0. The summed E-state index contributed by atoms with van der Waals surface area (Å²) in [6.07, 6.45) is 0. The maximum atomic E-state index is 6.51. The highest BCUT2D eigenvalue weighted by Crippen LogP contribution is 2.65. The van der Waals surface area contributed by atoms with Crippen molar-refractivity contribution in [3.8, 4) is 56.4 Å². The summed E-state index contributed by atoms with van der Waals surface area (Å²) >= 11 is 0. The molecule has 0 saturated carbocycles. The van der Waals surface area contributed by atoms with E-state index in [1.54, 1.807) is 0 Å². The van der Waals surface area contributed by atoms with Crippen molar-refractivity contribution in [1.82, 2.24) is 0 Å². The summed E-state index contributed by atoms with van der Waals surface area (Å²) in [6.45, 7) is 0. The molecule has 1 aromatic heterocycles. The minimum absolute atomic E-state index is 0.523. The third-order valence-corrected chi connectivity index (χ3v) is 10.2. The second-order valence-electron chi connectivity index (χ2n) is 12.4. The zero-order valence-electron chi connectivity index (χ0n) is 24.6. The second kappa shape index (κ2) is 8.56. The number of fused-ring (bicyclic) bond motifs is 15. The first kappa shape index (κ1) is 24.3. The lowest BCUT2D eigenvalue weighted by Crippen LogP contribution is -2.26. The number of hydrogen-bond acceptors (Lipinski definition) is 3. The molecule has 1 spiro atoms. The summed E-state index contributed by atoms with van der Waals surface area (Å²) in [4.78, 5) is 0. The fourth-order valence-corrected chi connectivity index (χ4v) is 8.30. The maximum absolute atomic E-state index is 6.51. The van der Waals surface area contributed by atoms with Crippen molar-refractivity contribution < 1.29 is 13.9 Å². The first-order valence-electron chi connectivity index (χ1n) is 15.7. The van der Waals surface area contributed by atoms with Crippen molar-refractivity contribution in [2.24, 2.45) is 0 Å². The Bertz CT molecular complexity index is 2560. The third kappa shape index (κ3) is 2.93. The molecule has 0 radical (unpaired) electrons. The number of ether oxygens (including phenoxy) is 2. The van der Waals surface area contributed by atoms with Crippen molar-refractivity contribution in [3.63, 3.8) is 0 Å². The highest BCUT2D eigenvalue weighted by atomic mass is 16.6. The average molecular weight is 589 g/mol. The number of benzene rings is 7. The molecule has 3 aliphatic rings. The molecule has 0 unspecified atom stereocenters. The lowest BCUT2D eigenvalue weighted by Gasteiger charge is -2.31. The summed E-state index contributed by atoms with van der Waals surface area (Å²) in [5, 5.41) is 2.26. The van der Waals surface area contributed by atoms with Crippen molar-refractivity contribution in [2.75, 3.05) is 0 Å². The van der Waals surface area contributed by atoms with Crippen LogP contribution in [0.15, 0.2) is 150 Å². The van der Waals surface area contributed by atoms with Crippen LogP contribution in [0.5, 0.6) is 23.0 Å². The van der Waals surface area contributed by atoms with Gasteiger partial charge in [-0.2, -0.15) is 0 Å². The largest absolute Gasteiger partial charge is 0.455 e. The molecule has 0 fully saturated rings. The van der Waals surface area contributed by atoms with Gasteiger partial charge < -0.3 is 13.9 Å². The lowest BCUT2D eigenvalue weighted by atomic mass is 9.70. The van der Waals surface area contributed by atoms with Crippen LogP contribution in [-0.4, -0.2) is 0 Å². The van der Waals surface area contributed by atoms with Gasteiger partial charge in [-0.1, -0.05) is 109 Å². The first-order chi connectivity index (χ1) is 22.8. The molecular formula is C43H24O3. The van der Waals surface area contributed by atoms with Crippen LogP contribution < -0.4 is 9.47 Å². The second-order valence-corrected chi connectivity index (χ2v) is 12.4. The smallest absolute Gasteiger partial charge is 0.170 e. The van der Waals surface area contributed by atoms with Crippen LogP contribution in [0.25, 0.3) is 55.3 Å². The van der Waals surface area contributed by atoms with E-state index in [4.69, 9.17) is 13.9 Å². The SMILES string of the molecule is c1ccc2c(c1)Oc1cc3c(cc1O2)C1(c2ccccc2-c2ccccc21)c1cc(-c2cccc4c2oc2ccccc24)ccc1-3. The van der Waals surface area contributed by atoms with Crippen molar-refractivity contribution in [3.05, 3.63) is 168 Å². The Hall–Kier alpha value is -6.06. The van der Waals surface area contributed by atoms with Gasteiger partial charge in [0.2, 0.25) is 0 Å². The zero-order valence-corrected chi connectivity index (χ0v) is 24.6. The predicted octanol–water partition coefficient (Wildman–Crippen LogP) is 11.5. The fourth-order valence-electron chi connectivity index (χ4n) is 8.30. The highest BCUT2D eigenvalue weighted by Gasteiger charge is 2.52. The van der Waals surface area contributed by atoms with E-state index < -0.39 is 5.41 Å². The molecule has 7 aromatic carbocycles. The molecule has 0 amide bonds. The first-order valence-corrected chi connectivity index (χ1v) is 15.7. The Balaban J connectivity index is 1.22. The molecule has 46 heavy (non-hydrogen) atoms. The van der Waals surface area contributed by atoms with Crippen molar-refractivity contribution in [1.29, 1.82) is 0 Å². The summed E-state index contributed by atoms with van der Waals surface area (Å²) in [5.74, 6) is 2.93. The van der Waals surface area contributed by atoms with Gasteiger partial charge in [0.25, 0.3) is 0 Å². The van der Waals surface area contributed by atoms with Crippen LogP contribution in [0.2, 0.25) is 0 Å². The van der Waals surface area contributed by atoms with Crippen LogP contribution >= 0.6 is 0 Å². The van der Waals surface area contributed by atoms with Gasteiger partial charge in [0.1, 0.15) is 11.2 Å². The minimum atomic E-state index is -0.523. The van der Waals surface area contributed by atoms with Gasteiger partial charge in [0.05, 0.1) is 5.41 Å². The topological polar surface area (TPSA) is 31.6 Å². The number of para-hydroxylation sites is 4. The standard InChI is InChI=1S/C43H24O3/c1-4-15-33-27(10-1)28-11-2-5-16-34(28)43(33)35-22-25(26-13-9-14-31-30-12-3-6-17-37(30)46-42(26)31)20-21-29(35)32-23-40-41(24-36(32)43)45-39-19-8-7-18-38(39)44-40/h1-24H. The molecule has 11 rings (SSSR count). The van der Waals surface area contributed by atoms with Crippen LogP contribution in [0.1, 0.15) is 22.3 Å². The van der Waals surface area contributed by atoms with Crippen LogP contribution in [0.3, 0.4) is 0 Å². The van der Waals surface area contributed by atoms with Gasteiger partial charge in [-0.25, -0.2) is 0 Å². The maximum Gasteiger partial charge on any atom is 0.170 e. The Kier molecular flexibility index (Phi) is 4.52. The molecule has 3 heteroatoms. The van der Waals surface area contributed by atoms with Gasteiger partial charge in [0.15, 0.2) is 23.0 Å². The molecule has 8 aromatic rings. The Morgan fingerprint density at radius 2 is 0.957 bits per heavy atom. The summed E-state index contributed by atoms with van der Waals surface area (Å²) in [5.41, 5.74) is 13.4. The summed E-state index contributed by atoms with van der Waals surface area (Å²) < 4.78 is 19.5. The Labute approximate surface area is 264 Å². The van der Waals surface area contributed by atoms with E-state index >= 15 is 0 Å². The molecular weight excluding hydrogens is 564 g/mol. The predicted molar refractivity (Wildman–Crippen MR) is 182 cm³/mol. The molecule has 0 saturated heterocycles. The van der Waals surface area contributed by atoms with Crippen LogP contribution in [0, 0.1) is 0 Å². The van der Waals surface area contributed by atoms with E-state index in [0.717, 1.165) is 61.6 Å². The van der Waals surface area contributed by atoms with Crippen LogP contribution in [0.4, 0.5) is 0 Å². The fraction of sp³-hybridized carbons (Fsp3) is 0.0233. The molecule has 214 valence electrons. The van der Waals surface area contributed by atoms with Crippen molar-refractivity contribution in [2.45, 2.75) is 5.41 Å². The van der Waals surface area contributed by atoms with Crippen LogP contribution in [-0.2, 0) is 5.41 Å². The van der Waals surface area contributed by atoms with E-state index in [9.17, 15) is 0 Å². The molecule has 2 heterocycles. The average Bonchev–Trinajstić information content (AvgIpc) is 3.73. The van der Waals surface area contributed by atoms with Gasteiger partial charge in [-0.15, -0.1) is 0 Å². The van der Waals surface area contributed by atoms with Gasteiger partial charge in [0, 0.05) is 16.3 Å². The van der Waals surface area contributed by atoms with E-state index in [-0.39, 0.29) is 0 Å². The monoisotopic (exact) mass is 588 g/mol.